The third-order valence-corrected chi connectivity index (χ3v) is 5.26. The Morgan fingerprint density at radius 2 is 1.59 bits per heavy atom. The highest BCUT2D eigenvalue weighted by Gasteiger charge is 2.15. The van der Waals surface area contributed by atoms with Crippen molar-refractivity contribution in [3.8, 4) is 0 Å². The summed E-state index contributed by atoms with van der Waals surface area (Å²) in [6, 6.07) is 21.2. The normalized spacial score (nSPS) is 14.0. The van der Waals surface area contributed by atoms with Crippen LogP contribution in [-0.4, -0.2) is 18.1 Å². The second-order valence-electron chi connectivity index (χ2n) is 7.86. The maximum Gasteiger partial charge on any atom is 0.159 e. The minimum Gasteiger partial charge on any atom is -0.248 e. The Morgan fingerprint density at radius 1 is 0.906 bits per heavy atom. The van der Waals surface area contributed by atoms with Crippen LogP contribution in [0.2, 0.25) is 0 Å². The molecule has 3 rings (SSSR count). The lowest BCUT2D eigenvalue weighted by molar-refractivity contribution is 0.312. The fourth-order valence-corrected chi connectivity index (χ4v) is 3.70. The van der Waals surface area contributed by atoms with Crippen LogP contribution in [0.25, 0.3) is 0 Å². The Bertz CT molecular complexity index is 1060. The van der Waals surface area contributed by atoms with Gasteiger partial charge in [0.1, 0.15) is 5.71 Å². The number of nitrogens with zero attached hydrogens (tertiary/aromatic N) is 2. The van der Waals surface area contributed by atoms with Crippen LogP contribution >= 0.6 is 0 Å². The molecular formula is C27H27F3N2. The summed E-state index contributed by atoms with van der Waals surface area (Å²) in [6.45, 7) is 3.71. The molecule has 0 spiro atoms. The van der Waals surface area contributed by atoms with Gasteiger partial charge in [0.05, 0.1) is 12.4 Å². The van der Waals surface area contributed by atoms with Crippen LogP contribution in [0.5, 0.6) is 0 Å². The van der Waals surface area contributed by atoms with E-state index in [2.05, 4.69) is 17.1 Å². The smallest absolute Gasteiger partial charge is 0.159 e. The van der Waals surface area contributed by atoms with Crippen LogP contribution < -0.4 is 0 Å². The highest BCUT2D eigenvalue weighted by Crippen LogP contribution is 2.28. The van der Waals surface area contributed by atoms with Crippen LogP contribution in [-0.2, 0) is 0 Å². The van der Waals surface area contributed by atoms with Gasteiger partial charge in [-0.25, -0.2) is 13.2 Å². The monoisotopic (exact) mass is 436 g/mol. The van der Waals surface area contributed by atoms with Crippen molar-refractivity contribution in [3.63, 3.8) is 0 Å². The van der Waals surface area contributed by atoms with Gasteiger partial charge in [-0.1, -0.05) is 74.0 Å². The largest absolute Gasteiger partial charge is 0.248 e. The lowest BCUT2D eigenvalue weighted by Crippen LogP contribution is -2.07. The number of rotatable bonds is 9. The molecule has 0 saturated heterocycles. The zero-order chi connectivity index (χ0) is 22.9. The molecule has 0 aromatic heterocycles. The van der Waals surface area contributed by atoms with Gasteiger partial charge in [-0.15, -0.1) is 5.10 Å². The van der Waals surface area contributed by atoms with Gasteiger partial charge in [0, 0.05) is 11.1 Å². The van der Waals surface area contributed by atoms with E-state index >= 15 is 0 Å². The number of halogens is 3. The predicted molar refractivity (Wildman–Crippen MR) is 125 cm³/mol. The van der Waals surface area contributed by atoms with Gasteiger partial charge in [0.15, 0.2) is 11.6 Å². The lowest BCUT2D eigenvalue weighted by Gasteiger charge is -2.18. The molecule has 0 bridgehead atoms. The molecule has 0 saturated carbocycles. The molecule has 0 aliphatic heterocycles. The van der Waals surface area contributed by atoms with Crippen LogP contribution in [0.1, 0.15) is 61.3 Å². The highest BCUT2D eigenvalue weighted by molar-refractivity contribution is 6.13. The third kappa shape index (κ3) is 6.39. The Morgan fingerprint density at radius 3 is 2.22 bits per heavy atom. The minimum absolute atomic E-state index is 0.178. The van der Waals surface area contributed by atoms with E-state index < -0.39 is 17.8 Å². The molecule has 32 heavy (non-hydrogen) atoms. The molecule has 2 nitrogen and oxygen atoms in total. The van der Waals surface area contributed by atoms with Gasteiger partial charge in [0.25, 0.3) is 0 Å². The van der Waals surface area contributed by atoms with Crippen molar-refractivity contribution in [1.29, 1.82) is 0 Å². The second-order valence-corrected chi connectivity index (χ2v) is 7.86. The number of alkyl halides is 1. The summed E-state index contributed by atoms with van der Waals surface area (Å²) in [7, 11) is 0. The summed E-state index contributed by atoms with van der Waals surface area (Å²) in [4.78, 5) is 0. The van der Waals surface area contributed by atoms with E-state index in [1.165, 1.54) is 12.3 Å². The van der Waals surface area contributed by atoms with Crippen molar-refractivity contribution in [3.05, 3.63) is 107 Å². The molecule has 0 aliphatic carbocycles. The van der Waals surface area contributed by atoms with Gasteiger partial charge in [-0.3, -0.25) is 0 Å². The second kappa shape index (κ2) is 11.4. The van der Waals surface area contributed by atoms with Crippen molar-refractivity contribution in [2.45, 2.75) is 45.2 Å². The van der Waals surface area contributed by atoms with Crippen LogP contribution in [0, 0.1) is 11.6 Å². The summed E-state index contributed by atoms with van der Waals surface area (Å²) in [6.07, 6.45) is 2.98. The van der Waals surface area contributed by atoms with Crippen molar-refractivity contribution in [2.75, 3.05) is 0 Å². The topological polar surface area (TPSA) is 24.7 Å². The third-order valence-electron chi connectivity index (χ3n) is 5.26. The first-order valence-electron chi connectivity index (χ1n) is 10.8. The lowest BCUT2D eigenvalue weighted by atomic mass is 9.89. The van der Waals surface area contributed by atoms with Crippen LogP contribution in [0.3, 0.4) is 0 Å². The highest BCUT2D eigenvalue weighted by atomic mass is 19.2. The molecule has 5 heteroatoms. The molecule has 0 N–H and O–H groups in total. The summed E-state index contributed by atoms with van der Waals surface area (Å²) in [5.74, 6) is -1.65. The molecule has 0 aliphatic rings. The van der Waals surface area contributed by atoms with Crippen molar-refractivity contribution < 1.29 is 13.2 Å². The van der Waals surface area contributed by atoms with Gasteiger partial charge in [-0.05, 0) is 48.9 Å². The average molecular weight is 437 g/mol. The number of hydrogen-bond acceptors (Lipinski definition) is 2. The van der Waals surface area contributed by atoms with E-state index in [9.17, 15) is 13.2 Å². The summed E-state index contributed by atoms with van der Waals surface area (Å²) in [5.41, 5.74) is 3.92. The summed E-state index contributed by atoms with van der Waals surface area (Å²) < 4.78 is 40.2. The molecule has 0 amide bonds. The maximum atomic E-state index is 13.6. The van der Waals surface area contributed by atoms with Crippen molar-refractivity contribution in [2.24, 2.45) is 10.2 Å². The van der Waals surface area contributed by atoms with E-state index in [4.69, 9.17) is 0 Å². The zero-order valence-electron chi connectivity index (χ0n) is 18.3. The van der Waals surface area contributed by atoms with Gasteiger partial charge in [0.2, 0.25) is 0 Å². The molecule has 166 valence electrons. The predicted octanol–water partition coefficient (Wildman–Crippen LogP) is 7.47. The summed E-state index contributed by atoms with van der Waals surface area (Å²) >= 11 is 0. The molecule has 0 heterocycles. The van der Waals surface area contributed by atoms with Gasteiger partial charge >= 0.3 is 0 Å². The first-order valence-corrected chi connectivity index (χ1v) is 10.8. The minimum atomic E-state index is -0.930. The fraction of sp³-hybridized carbons (Fsp3) is 0.259. The van der Waals surface area contributed by atoms with E-state index in [0.29, 0.717) is 17.7 Å². The average Bonchev–Trinajstić information content (AvgIpc) is 2.79. The number of benzene rings is 3. The molecule has 3 aromatic carbocycles. The first-order chi connectivity index (χ1) is 15.5. The van der Waals surface area contributed by atoms with E-state index in [1.807, 2.05) is 54.6 Å². The Kier molecular flexibility index (Phi) is 8.37. The van der Waals surface area contributed by atoms with Gasteiger partial charge in [-0.2, -0.15) is 5.10 Å². The molecule has 3 aromatic rings. The van der Waals surface area contributed by atoms with E-state index in [1.54, 1.807) is 6.92 Å². The fourth-order valence-electron chi connectivity index (χ4n) is 3.70. The molecule has 0 radical (unpaired) electrons. The molecule has 2 atom stereocenters. The van der Waals surface area contributed by atoms with Gasteiger partial charge < -0.3 is 0 Å². The van der Waals surface area contributed by atoms with Crippen molar-refractivity contribution >= 4 is 11.9 Å². The van der Waals surface area contributed by atoms with Crippen LogP contribution in [0.4, 0.5) is 13.2 Å². The standard InChI is InChI=1S/C27H27F3N2/c1-3-7-24(16-19(2)28)21-11-13-23(14-12-21)27(22-8-5-4-6-9-22)32-31-18-20-10-15-25(29)26(30)17-20/h4-6,8-15,17-19,24H,3,7,16H2,1-2H3. The molecular weight excluding hydrogens is 409 g/mol. The maximum absolute atomic E-state index is 13.6. The molecule has 2 unspecified atom stereocenters. The SMILES string of the molecule is CCCC(CC(C)F)c1ccc(C(=NN=Cc2ccc(F)c(F)c2)c2ccccc2)cc1. The van der Waals surface area contributed by atoms with Crippen LogP contribution in [0.15, 0.2) is 83.0 Å². The van der Waals surface area contributed by atoms with E-state index in [0.717, 1.165) is 41.7 Å². The Hall–Kier alpha value is -3.21. The zero-order valence-corrected chi connectivity index (χ0v) is 18.3. The van der Waals surface area contributed by atoms with E-state index in [-0.39, 0.29) is 5.92 Å². The van der Waals surface area contributed by atoms with Crippen molar-refractivity contribution in [1.82, 2.24) is 0 Å². The number of hydrogen-bond donors (Lipinski definition) is 0. The Labute approximate surface area is 187 Å². The quantitative estimate of drug-likeness (QED) is 0.246. The molecule has 0 fully saturated rings. The first kappa shape index (κ1) is 23.5. The Balaban J connectivity index is 1.91. The summed E-state index contributed by atoms with van der Waals surface area (Å²) in [5, 5.41) is 8.50.